The van der Waals surface area contributed by atoms with Gasteiger partial charge < -0.3 is 14.6 Å². The lowest BCUT2D eigenvalue weighted by Gasteiger charge is -2.23. The minimum Gasteiger partial charge on any atom is -0.348 e. The number of carbonyl (C=O) groups excluding carboxylic acids is 1. The number of carbonyl (C=O) groups is 1. The predicted molar refractivity (Wildman–Crippen MR) is 80.9 cm³/mol. The smallest absolute Gasteiger partial charge is 0.253 e. The van der Waals surface area contributed by atoms with Crippen LogP contribution in [0.1, 0.15) is 16.8 Å². The molecule has 4 nitrogen and oxygen atoms in total. The Bertz CT molecular complexity index is 681. The van der Waals surface area contributed by atoms with E-state index in [4.69, 9.17) is 0 Å². The zero-order chi connectivity index (χ0) is 13.7. The molecule has 5 heteroatoms. The summed E-state index contributed by atoms with van der Waals surface area (Å²) in [6.07, 6.45) is 3.11. The van der Waals surface area contributed by atoms with Gasteiger partial charge in [0.15, 0.2) is 0 Å². The van der Waals surface area contributed by atoms with Crippen molar-refractivity contribution in [1.82, 2.24) is 14.6 Å². The molecule has 2 aliphatic heterocycles. The van der Waals surface area contributed by atoms with Crippen LogP contribution < -0.4 is 5.32 Å². The Morgan fingerprint density at radius 3 is 2.85 bits per heavy atom. The van der Waals surface area contributed by atoms with Gasteiger partial charge in [-0.2, -0.15) is 0 Å². The second kappa shape index (κ2) is 4.60. The molecule has 0 aliphatic carbocycles. The van der Waals surface area contributed by atoms with Crippen LogP contribution in [0, 0.1) is 5.92 Å². The zero-order valence-electron chi connectivity index (χ0n) is 11.1. The van der Waals surface area contributed by atoms with Crippen molar-refractivity contribution in [3.05, 3.63) is 40.6 Å². The highest BCUT2D eigenvalue weighted by Gasteiger charge is 2.38. The Labute approximate surface area is 125 Å². The van der Waals surface area contributed by atoms with Crippen molar-refractivity contribution in [2.45, 2.75) is 12.5 Å². The first-order valence-corrected chi connectivity index (χ1v) is 7.80. The van der Waals surface area contributed by atoms with Gasteiger partial charge in [0, 0.05) is 30.8 Å². The molecule has 20 heavy (non-hydrogen) atoms. The van der Waals surface area contributed by atoms with E-state index >= 15 is 0 Å². The van der Waals surface area contributed by atoms with Crippen LogP contribution in [0.25, 0.3) is 5.52 Å². The Kier molecular flexibility index (Phi) is 2.86. The van der Waals surface area contributed by atoms with Crippen molar-refractivity contribution in [3.8, 4) is 0 Å². The van der Waals surface area contributed by atoms with E-state index in [0.717, 1.165) is 23.2 Å². The van der Waals surface area contributed by atoms with E-state index in [9.17, 15) is 4.79 Å². The standard InChI is InChI=1S/C15H16BrN3O/c16-14-4-3-12-2-1-11(8-19(12)14)15(20)17-13-9-18-6-5-10(13)7-18/h1-4,8,10,13H,5-7,9H2,(H,17,20). The predicted octanol–water partition coefficient (Wildman–Crippen LogP) is 2.14. The summed E-state index contributed by atoms with van der Waals surface area (Å²) in [5.41, 5.74) is 1.80. The van der Waals surface area contributed by atoms with Crippen LogP contribution in [0.15, 0.2) is 35.1 Å². The molecule has 2 aromatic heterocycles. The third-order valence-electron chi connectivity index (χ3n) is 4.51. The lowest BCUT2D eigenvalue weighted by Crippen LogP contribution is -2.43. The van der Waals surface area contributed by atoms with E-state index in [1.54, 1.807) is 0 Å². The van der Waals surface area contributed by atoms with Crippen LogP contribution in [0.2, 0.25) is 0 Å². The number of nitrogens with one attached hydrogen (secondary N) is 1. The summed E-state index contributed by atoms with van der Waals surface area (Å²) < 4.78 is 2.95. The quantitative estimate of drug-likeness (QED) is 0.914. The molecule has 2 bridgehead atoms. The largest absolute Gasteiger partial charge is 0.348 e. The fourth-order valence-electron chi connectivity index (χ4n) is 3.40. The second-order valence-electron chi connectivity index (χ2n) is 5.76. The van der Waals surface area contributed by atoms with Crippen LogP contribution in [-0.2, 0) is 0 Å². The maximum atomic E-state index is 12.4. The van der Waals surface area contributed by atoms with Crippen LogP contribution in [-0.4, -0.2) is 40.9 Å². The Morgan fingerprint density at radius 1 is 1.25 bits per heavy atom. The molecular weight excluding hydrogens is 318 g/mol. The summed E-state index contributed by atoms with van der Waals surface area (Å²) in [6, 6.07) is 8.20. The third-order valence-corrected chi connectivity index (χ3v) is 5.16. The molecule has 0 spiro atoms. The van der Waals surface area contributed by atoms with Crippen molar-refractivity contribution < 1.29 is 4.79 Å². The van der Waals surface area contributed by atoms with E-state index in [2.05, 4.69) is 26.1 Å². The van der Waals surface area contributed by atoms with E-state index in [1.807, 2.05) is 34.9 Å². The lowest BCUT2D eigenvalue weighted by atomic mass is 10.00. The van der Waals surface area contributed by atoms with Crippen LogP contribution >= 0.6 is 15.9 Å². The Balaban J connectivity index is 1.56. The van der Waals surface area contributed by atoms with Crippen molar-refractivity contribution >= 4 is 27.4 Å². The molecule has 4 rings (SSSR count). The maximum Gasteiger partial charge on any atom is 0.253 e. The number of pyridine rings is 1. The van der Waals surface area contributed by atoms with Gasteiger partial charge in [-0.15, -0.1) is 0 Å². The average Bonchev–Trinajstić information content (AvgIpc) is 3.15. The van der Waals surface area contributed by atoms with Gasteiger partial charge in [-0.05, 0) is 59.1 Å². The molecule has 2 saturated heterocycles. The summed E-state index contributed by atoms with van der Waals surface area (Å²) in [6.45, 7) is 3.35. The molecule has 0 radical (unpaired) electrons. The number of hydrogen-bond donors (Lipinski definition) is 1. The van der Waals surface area contributed by atoms with Gasteiger partial charge in [-0.1, -0.05) is 0 Å². The first kappa shape index (κ1) is 12.4. The van der Waals surface area contributed by atoms with Crippen LogP contribution in [0.3, 0.4) is 0 Å². The highest BCUT2D eigenvalue weighted by molar-refractivity contribution is 9.10. The fraction of sp³-hybridized carbons (Fsp3) is 0.400. The van der Waals surface area contributed by atoms with Crippen molar-refractivity contribution in [3.63, 3.8) is 0 Å². The minimum absolute atomic E-state index is 0.0336. The number of rotatable bonds is 2. The van der Waals surface area contributed by atoms with Gasteiger partial charge >= 0.3 is 0 Å². The number of aromatic nitrogens is 1. The van der Waals surface area contributed by atoms with Gasteiger partial charge in [0.25, 0.3) is 5.91 Å². The van der Waals surface area contributed by atoms with Crippen molar-refractivity contribution in [2.75, 3.05) is 19.6 Å². The van der Waals surface area contributed by atoms with Gasteiger partial charge in [0.05, 0.1) is 10.2 Å². The molecule has 0 saturated carbocycles. The monoisotopic (exact) mass is 333 g/mol. The molecule has 4 heterocycles. The number of nitrogens with zero attached hydrogens (tertiary/aromatic N) is 2. The molecule has 1 amide bonds. The first-order chi connectivity index (χ1) is 9.70. The summed E-state index contributed by atoms with van der Waals surface area (Å²) in [5.74, 6) is 0.673. The summed E-state index contributed by atoms with van der Waals surface area (Å²) in [4.78, 5) is 14.8. The average molecular weight is 334 g/mol. The molecule has 2 fully saturated rings. The molecule has 2 aliphatic rings. The molecule has 2 aromatic rings. The van der Waals surface area contributed by atoms with Crippen molar-refractivity contribution in [2.24, 2.45) is 5.92 Å². The fourth-order valence-corrected chi connectivity index (χ4v) is 3.84. The summed E-state index contributed by atoms with van der Waals surface area (Å²) in [5, 5.41) is 3.19. The van der Waals surface area contributed by atoms with Gasteiger partial charge in [0.2, 0.25) is 0 Å². The molecular formula is C15H16BrN3O. The highest BCUT2D eigenvalue weighted by Crippen LogP contribution is 2.28. The number of fused-ring (bicyclic) bond motifs is 3. The summed E-state index contributed by atoms with van der Waals surface area (Å²) in [7, 11) is 0. The maximum absolute atomic E-state index is 12.4. The third kappa shape index (κ3) is 1.96. The second-order valence-corrected chi connectivity index (χ2v) is 6.57. The van der Waals surface area contributed by atoms with E-state index < -0.39 is 0 Å². The van der Waals surface area contributed by atoms with E-state index in [1.165, 1.54) is 13.0 Å². The molecule has 3 unspecified atom stereocenters. The SMILES string of the molecule is O=C(NC1CN2CCC1C2)c1ccc2ccc(Br)n2c1. The first-order valence-electron chi connectivity index (χ1n) is 7.00. The highest BCUT2D eigenvalue weighted by atomic mass is 79.9. The Morgan fingerprint density at radius 2 is 2.10 bits per heavy atom. The van der Waals surface area contributed by atoms with E-state index in [-0.39, 0.29) is 5.91 Å². The molecule has 0 aromatic carbocycles. The van der Waals surface area contributed by atoms with Gasteiger partial charge in [0.1, 0.15) is 0 Å². The zero-order valence-corrected chi connectivity index (χ0v) is 12.6. The van der Waals surface area contributed by atoms with Crippen molar-refractivity contribution in [1.29, 1.82) is 0 Å². The topological polar surface area (TPSA) is 36.8 Å². The minimum atomic E-state index is 0.0336. The number of halogens is 1. The Hall–Kier alpha value is -1.33. The lowest BCUT2D eigenvalue weighted by molar-refractivity contribution is 0.0924. The molecule has 1 N–H and O–H groups in total. The van der Waals surface area contributed by atoms with Gasteiger partial charge in [-0.25, -0.2) is 0 Å². The summed E-state index contributed by atoms with van der Waals surface area (Å²) >= 11 is 3.49. The number of piperidine rings is 1. The normalized spacial score (nSPS) is 28.1. The molecule has 3 atom stereocenters. The van der Waals surface area contributed by atoms with Crippen LogP contribution in [0.4, 0.5) is 0 Å². The van der Waals surface area contributed by atoms with Gasteiger partial charge in [-0.3, -0.25) is 4.79 Å². The molecule has 104 valence electrons. The number of hydrogen-bond acceptors (Lipinski definition) is 2. The van der Waals surface area contributed by atoms with Crippen LogP contribution in [0.5, 0.6) is 0 Å². The van der Waals surface area contributed by atoms with E-state index in [0.29, 0.717) is 17.5 Å². The number of amides is 1.